The zero-order valence-electron chi connectivity index (χ0n) is 14.3. The summed E-state index contributed by atoms with van der Waals surface area (Å²) in [6.07, 6.45) is 0.997. The maximum atomic E-state index is 12.7. The fourth-order valence-electron chi connectivity index (χ4n) is 2.77. The highest BCUT2D eigenvalue weighted by atomic mass is 16.5. The van der Waals surface area contributed by atoms with Gasteiger partial charge in [0, 0.05) is 30.6 Å². The molecule has 2 amide bonds. The Hall–Kier alpha value is -2.77. The van der Waals surface area contributed by atoms with E-state index in [9.17, 15) is 14.4 Å². The predicted molar refractivity (Wildman–Crippen MR) is 88.8 cm³/mol. The second kappa shape index (κ2) is 8.36. The third-order valence-corrected chi connectivity index (χ3v) is 4.17. The topological polar surface area (TPSA) is 105 Å². The Labute approximate surface area is 145 Å². The van der Waals surface area contributed by atoms with Crippen molar-refractivity contribution in [3.8, 4) is 11.5 Å². The molecule has 0 spiro atoms. The van der Waals surface area contributed by atoms with Gasteiger partial charge in [0.05, 0.1) is 14.2 Å². The van der Waals surface area contributed by atoms with Gasteiger partial charge in [-0.25, -0.2) is 0 Å². The molecule has 0 bridgehead atoms. The molecule has 1 fully saturated rings. The van der Waals surface area contributed by atoms with E-state index < -0.39 is 5.97 Å². The molecule has 1 aliphatic rings. The van der Waals surface area contributed by atoms with Crippen LogP contribution in [0, 0.1) is 5.92 Å². The van der Waals surface area contributed by atoms with Crippen LogP contribution in [0.5, 0.6) is 11.5 Å². The molecule has 0 atom stereocenters. The van der Waals surface area contributed by atoms with Crippen LogP contribution in [0.4, 0.5) is 0 Å². The van der Waals surface area contributed by atoms with Gasteiger partial charge in [0.25, 0.3) is 5.91 Å². The summed E-state index contributed by atoms with van der Waals surface area (Å²) in [4.78, 5) is 36.7. The molecule has 1 aliphatic heterocycles. The summed E-state index contributed by atoms with van der Waals surface area (Å²) in [7, 11) is 3.04. The molecular formula is C17H22N2O6. The minimum Gasteiger partial charge on any atom is -0.497 e. The quantitative estimate of drug-likeness (QED) is 0.785. The predicted octanol–water partition coefficient (Wildman–Crippen LogP) is 0.757. The lowest BCUT2D eigenvalue weighted by molar-refractivity contribution is -0.138. The van der Waals surface area contributed by atoms with Crippen LogP contribution in [-0.2, 0) is 9.59 Å². The van der Waals surface area contributed by atoms with Crippen molar-refractivity contribution in [2.75, 3.05) is 33.9 Å². The van der Waals surface area contributed by atoms with E-state index in [-0.39, 0.29) is 24.3 Å². The van der Waals surface area contributed by atoms with Gasteiger partial charge in [-0.05, 0) is 25.0 Å². The lowest BCUT2D eigenvalue weighted by Gasteiger charge is -2.31. The van der Waals surface area contributed by atoms with E-state index in [0.29, 0.717) is 43.0 Å². The molecule has 1 saturated heterocycles. The molecule has 136 valence electrons. The van der Waals surface area contributed by atoms with E-state index in [0.717, 1.165) is 0 Å². The largest absolute Gasteiger partial charge is 0.497 e. The average molecular weight is 350 g/mol. The third kappa shape index (κ3) is 4.85. The number of carboxylic acids is 1. The second-order valence-electron chi connectivity index (χ2n) is 5.78. The number of carbonyl (C=O) groups is 3. The molecule has 0 radical (unpaired) electrons. The number of piperidine rings is 1. The van der Waals surface area contributed by atoms with Gasteiger partial charge in [0.1, 0.15) is 18.0 Å². The highest BCUT2D eigenvalue weighted by molar-refractivity contribution is 5.95. The van der Waals surface area contributed by atoms with Crippen LogP contribution in [-0.4, -0.2) is 61.6 Å². The smallest absolute Gasteiger partial charge is 0.322 e. The van der Waals surface area contributed by atoms with Crippen molar-refractivity contribution in [3.63, 3.8) is 0 Å². The van der Waals surface area contributed by atoms with Gasteiger partial charge in [-0.2, -0.15) is 0 Å². The molecule has 8 heteroatoms. The molecule has 1 aromatic rings. The van der Waals surface area contributed by atoms with Crippen LogP contribution in [0.15, 0.2) is 18.2 Å². The molecule has 1 aromatic carbocycles. The number of likely N-dealkylation sites (tertiary alicyclic amines) is 1. The highest BCUT2D eigenvalue weighted by Gasteiger charge is 2.28. The summed E-state index contributed by atoms with van der Waals surface area (Å²) in [6, 6.07) is 4.99. The number of amides is 2. The summed E-state index contributed by atoms with van der Waals surface area (Å²) in [5, 5.41) is 11.0. The van der Waals surface area contributed by atoms with Gasteiger partial charge in [-0.15, -0.1) is 0 Å². The van der Waals surface area contributed by atoms with Gasteiger partial charge in [-0.1, -0.05) is 0 Å². The fourth-order valence-corrected chi connectivity index (χ4v) is 2.77. The standard InChI is InChI=1S/C17H22N2O6/c1-24-13-7-12(8-14(9-13)25-2)17(23)19-5-3-11(4-6-19)16(22)18-10-15(20)21/h7-9,11H,3-6,10H2,1-2H3,(H,18,22)(H,20,21). The van der Waals surface area contributed by atoms with E-state index in [1.54, 1.807) is 23.1 Å². The molecule has 0 unspecified atom stereocenters. The molecule has 2 rings (SSSR count). The third-order valence-electron chi connectivity index (χ3n) is 4.17. The van der Waals surface area contributed by atoms with Crippen LogP contribution in [0.25, 0.3) is 0 Å². The Kier molecular flexibility index (Phi) is 6.21. The Morgan fingerprint density at radius 1 is 1.12 bits per heavy atom. The Bertz CT molecular complexity index is 630. The lowest BCUT2D eigenvalue weighted by Crippen LogP contribution is -2.43. The molecule has 0 aliphatic carbocycles. The first-order chi connectivity index (χ1) is 11.9. The summed E-state index contributed by atoms with van der Waals surface area (Å²) in [5.74, 6) is -0.716. The number of hydrogen-bond donors (Lipinski definition) is 2. The highest BCUT2D eigenvalue weighted by Crippen LogP contribution is 2.25. The number of benzene rings is 1. The number of hydrogen-bond acceptors (Lipinski definition) is 5. The van der Waals surface area contributed by atoms with Crippen LogP contribution in [0.1, 0.15) is 23.2 Å². The molecule has 1 heterocycles. The first-order valence-electron chi connectivity index (χ1n) is 7.96. The first kappa shape index (κ1) is 18.6. The zero-order valence-corrected chi connectivity index (χ0v) is 14.3. The van der Waals surface area contributed by atoms with Crippen molar-refractivity contribution >= 4 is 17.8 Å². The molecular weight excluding hydrogens is 328 g/mol. The Morgan fingerprint density at radius 2 is 1.68 bits per heavy atom. The maximum absolute atomic E-state index is 12.7. The van der Waals surface area contributed by atoms with Gasteiger partial charge >= 0.3 is 5.97 Å². The van der Waals surface area contributed by atoms with E-state index in [4.69, 9.17) is 14.6 Å². The summed E-state index contributed by atoms with van der Waals surface area (Å²) in [6.45, 7) is 0.481. The van der Waals surface area contributed by atoms with E-state index in [2.05, 4.69) is 5.32 Å². The fraction of sp³-hybridized carbons (Fsp3) is 0.471. The van der Waals surface area contributed by atoms with Crippen molar-refractivity contribution in [2.45, 2.75) is 12.8 Å². The summed E-state index contributed by atoms with van der Waals surface area (Å²) < 4.78 is 10.4. The van der Waals surface area contributed by atoms with Crippen molar-refractivity contribution in [1.82, 2.24) is 10.2 Å². The van der Waals surface area contributed by atoms with E-state index in [1.165, 1.54) is 14.2 Å². The number of nitrogens with zero attached hydrogens (tertiary/aromatic N) is 1. The van der Waals surface area contributed by atoms with E-state index in [1.807, 2.05) is 0 Å². The molecule has 25 heavy (non-hydrogen) atoms. The number of methoxy groups -OCH3 is 2. The monoisotopic (exact) mass is 350 g/mol. The first-order valence-corrected chi connectivity index (χ1v) is 7.96. The number of carbonyl (C=O) groups excluding carboxylic acids is 2. The van der Waals surface area contributed by atoms with Crippen molar-refractivity contribution in [2.24, 2.45) is 5.92 Å². The maximum Gasteiger partial charge on any atom is 0.322 e. The van der Waals surface area contributed by atoms with Crippen LogP contribution < -0.4 is 14.8 Å². The lowest BCUT2D eigenvalue weighted by atomic mass is 9.95. The van der Waals surface area contributed by atoms with Crippen molar-refractivity contribution in [1.29, 1.82) is 0 Å². The number of ether oxygens (including phenoxy) is 2. The van der Waals surface area contributed by atoms with Gasteiger partial charge in [-0.3, -0.25) is 14.4 Å². The van der Waals surface area contributed by atoms with Crippen LogP contribution >= 0.6 is 0 Å². The Morgan fingerprint density at radius 3 is 2.16 bits per heavy atom. The van der Waals surface area contributed by atoms with Crippen molar-refractivity contribution < 1.29 is 29.0 Å². The van der Waals surface area contributed by atoms with Gasteiger partial charge < -0.3 is 24.8 Å². The number of carboxylic acid groups (broad SMARTS) is 1. The normalized spacial score (nSPS) is 14.7. The van der Waals surface area contributed by atoms with Crippen LogP contribution in [0.3, 0.4) is 0 Å². The summed E-state index contributed by atoms with van der Waals surface area (Å²) in [5.41, 5.74) is 0.463. The zero-order chi connectivity index (χ0) is 18.4. The molecule has 0 aromatic heterocycles. The second-order valence-corrected chi connectivity index (χ2v) is 5.78. The number of rotatable bonds is 6. The average Bonchev–Trinajstić information content (AvgIpc) is 2.65. The molecule has 2 N–H and O–H groups in total. The number of aliphatic carboxylic acids is 1. The Balaban J connectivity index is 1.97. The molecule has 0 saturated carbocycles. The van der Waals surface area contributed by atoms with Gasteiger partial charge in [0.15, 0.2) is 0 Å². The van der Waals surface area contributed by atoms with Gasteiger partial charge in [0.2, 0.25) is 5.91 Å². The van der Waals surface area contributed by atoms with E-state index >= 15 is 0 Å². The summed E-state index contributed by atoms with van der Waals surface area (Å²) >= 11 is 0. The minimum atomic E-state index is -1.08. The van der Waals surface area contributed by atoms with Crippen LogP contribution in [0.2, 0.25) is 0 Å². The number of nitrogens with one attached hydrogen (secondary N) is 1. The SMILES string of the molecule is COc1cc(OC)cc(C(=O)N2CCC(C(=O)NCC(=O)O)CC2)c1. The van der Waals surface area contributed by atoms with Crippen molar-refractivity contribution in [3.05, 3.63) is 23.8 Å². The molecule has 8 nitrogen and oxygen atoms in total. The minimum absolute atomic E-state index is 0.151.